The smallest absolute Gasteiger partial charge is 0.215 e. The van der Waals surface area contributed by atoms with Gasteiger partial charge in [-0.05, 0) is 43.9 Å². The molecule has 0 aromatic heterocycles. The highest BCUT2D eigenvalue weighted by Gasteiger charge is 2.32. The number of hydrogen-bond acceptors (Lipinski definition) is 4. The van der Waals surface area contributed by atoms with Crippen LogP contribution in [0.4, 0.5) is 5.69 Å². The first-order valence-electron chi connectivity index (χ1n) is 7.38. The Morgan fingerprint density at radius 3 is 2.86 bits per heavy atom. The maximum Gasteiger partial charge on any atom is 0.215 e. The molecule has 1 fully saturated rings. The Balaban J connectivity index is 1.92. The van der Waals surface area contributed by atoms with Gasteiger partial charge in [-0.15, -0.1) is 11.8 Å². The molecule has 6 heteroatoms. The zero-order chi connectivity index (χ0) is 15.5. The van der Waals surface area contributed by atoms with Gasteiger partial charge in [0.25, 0.3) is 0 Å². The quantitative estimate of drug-likeness (QED) is 0.667. The van der Waals surface area contributed by atoms with Crippen LogP contribution >= 0.6 is 11.8 Å². The van der Waals surface area contributed by atoms with Crippen LogP contribution in [0.15, 0.2) is 29.2 Å². The lowest BCUT2D eigenvalue weighted by atomic mass is 9.94. The molecule has 2 atom stereocenters. The largest absolute Gasteiger partial charge is 0.399 e. The molecule has 0 radical (unpaired) electrons. The van der Waals surface area contributed by atoms with Crippen molar-refractivity contribution in [2.24, 2.45) is 5.92 Å². The second-order valence-electron chi connectivity index (χ2n) is 5.71. The average Bonchev–Trinajstić information content (AvgIpc) is 2.41. The van der Waals surface area contributed by atoms with E-state index in [1.807, 2.05) is 31.2 Å². The molecule has 0 aliphatic carbocycles. The minimum Gasteiger partial charge on any atom is -0.399 e. The lowest BCUT2D eigenvalue weighted by molar-refractivity contribution is 0.202. The number of sulfonamides is 1. The first-order valence-corrected chi connectivity index (χ1v) is 9.97. The highest BCUT2D eigenvalue weighted by Crippen LogP contribution is 2.27. The molecule has 1 aromatic rings. The Morgan fingerprint density at radius 1 is 1.38 bits per heavy atom. The van der Waals surface area contributed by atoms with Crippen molar-refractivity contribution >= 4 is 27.5 Å². The second kappa shape index (κ2) is 7.03. The Hall–Kier alpha value is -0.720. The molecule has 0 saturated carbocycles. The van der Waals surface area contributed by atoms with Crippen LogP contribution in [0, 0.1) is 5.92 Å². The third kappa shape index (κ3) is 4.37. The van der Waals surface area contributed by atoms with E-state index in [9.17, 15) is 8.42 Å². The second-order valence-corrected chi connectivity index (χ2v) is 8.92. The van der Waals surface area contributed by atoms with E-state index < -0.39 is 10.0 Å². The average molecular weight is 329 g/mol. The van der Waals surface area contributed by atoms with Crippen molar-refractivity contribution in [1.82, 2.24) is 4.31 Å². The summed E-state index contributed by atoms with van der Waals surface area (Å²) in [5.41, 5.74) is 6.44. The summed E-state index contributed by atoms with van der Waals surface area (Å²) in [6, 6.07) is 7.67. The predicted octanol–water partition coefficient (Wildman–Crippen LogP) is 2.81. The van der Waals surface area contributed by atoms with Crippen LogP contribution < -0.4 is 5.73 Å². The summed E-state index contributed by atoms with van der Waals surface area (Å²) in [6.45, 7) is 4.82. The standard InChI is InChI=1S/C15H24N2O2S2/c1-12-5-4-8-17(13(12)2)21(18,19)10-9-20-15-7-3-6-14(16)11-15/h3,6-7,11-13H,4-5,8-10,16H2,1-2H3. The molecule has 1 aromatic carbocycles. The van der Waals surface area contributed by atoms with Crippen LogP contribution in [-0.2, 0) is 10.0 Å². The third-order valence-electron chi connectivity index (χ3n) is 4.14. The van der Waals surface area contributed by atoms with Gasteiger partial charge in [0.15, 0.2) is 0 Å². The number of piperidine rings is 1. The Bertz CT molecular complexity index is 575. The molecule has 2 rings (SSSR count). The van der Waals surface area contributed by atoms with Crippen LogP contribution in [0.1, 0.15) is 26.7 Å². The van der Waals surface area contributed by atoms with Crippen LogP contribution in [-0.4, -0.2) is 36.8 Å². The highest BCUT2D eigenvalue weighted by molar-refractivity contribution is 8.00. The number of nitrogen functional groups attached to an aromatic ring is 1. The van der Waals surface area contributed by atoms with E-state index >= 15 is 0 Å². The van der Waals surface area contributed by atoms with E-state index in [0.29, 0.717) is 23.9 Å². The number of anilines is 1. The number of rotatable bonds is 5. The first kappa shape index (κ1) is 16.6. The molecule has 1 heterocycles. The van der Waals surface area contributed by atoms with Gasteiger partial charge >= 0.3 is 0 Å². The number of benzene rings is 1. The molecular weight excluding hydrogens is 304 g/mol. The summed E-state index contributed by atoms with van der Waals surface area (Å²) < 4.78 is 26.7. The molecule has 21 heavy (non-hydrogen) atoms. The summed E-state index contributed by atoms with van der Waals surface area (Å²) in [5, 5.41) is 0. The zero-order valence-corrected chi connectivity index (χ0v) is 14.3. The van der Waals surface area contributed by atoms with Gasteiger partial charge in [0.2, 0.25) is 10.0 Å². The summed E-state index contributed by atoms with van der Waals surface area (Å²) in [5.74, 6) is 1.18. The van der Waals surface area contributed by atoms with E-state index in [2.05, 4.69) is 6.92 Å². The van der Waals surface area contributed by atoms with Gasteiger partial charge in [0.1, 0.15) is 0 Å². The topological polar surface area (TPSA) is 63.4 Å². The first-order chi connectivity index (χ1) is 9.90. The van der Waals surface area contributed by atoms with Gasteiger partial charge in [-0.1, -0.05) is 13.0 Å². The molecule has 1 aliphatic heterocycles. The van der Waals surface area contributed by atoms with Gasteiger partial charge < -0.3 is 5.73 Å². The Kier molecular flexibility index (Phi) is 5.57. The van der Waals surface area contributed by atoms with Crippen LogP contribution in [0.2, 0.25) is 0 Å². The minimum atomic E-state index is -3.16. The fourth-order valence-electron chi connectivity index (χ4n) is 2.68. The van der Waals surface area contributed by atoms with Gasteiger partial charge in [-0.3, -0.25) is 0 Å². The molecule has 0 spiro atoms. The Labute approximate surface area is 132 Å². The molecular formula is C15H24N2O2S2. The third-order valence-corrected chi connectivity index (χ3v) is 7.34. The maximum atomic E-state index is 12.5. The molecule has 118 valence electrons. The van der Waals surface area contributed by atoms with Gasteiger partial charge in [0.05, 0.1) is 5.75 Å². The summed E-state index contributed by atoms with van der Waals surface area (Å²) in [7, 11) is -3.16. The van der Waals surface area contributed by atoms with Crippen LogP contribution in [0.3, 0.4) is 0 Å². The van der Waals surface area contributed by atoms with Gasteiger partial charge in [-0.2, -0.15) is 4.31 Å². The number of hydrogen-bond donors (Lipinski definition) is 1. The van der Waals surface area contributed by atoms with Gasteiger partial charge in [0, 0.05) is 28.9 Å². The lowest BCUT2D eigenvalue weighted by Gasteiger charge is -2.36. The monoisotopic (exact) mass is 328 g/mol. The number of nitrogens with two attached hydrogens (primary N) is 1. The minimum absolute atomic E-state index is 0.112. The Morgan fingerprint density at radius 2 is 2.14 bits per heavy atom. The number of thioether (sulfide) groups is 1. The molecule has 1 aliphatic rings. The van der Waals surface area contributed by atoms with Crippen molar-refractivity contribution in [3.8, 4) is 0 Å². The predicted molar refractivity (Wildman–Crippen MR) is 89.9 cm³/mol. The van der Waals surface area contributed by atoms with Crippen molar-refractivity contribution in [3.63, 3.8) is 0 Å². The summed E-state index contributed by atoms with van der Waals surface area (Å²) in [4.78, 5) is 1.02. The lowest BCUT2D eigenvalue weighted by Crippen LogP contribution is -2.47. The van der Waals surface area contributed by atoms with Crippen molar-refractivity contribution in [1.29, 1.82) is 0 Å². The van der Waals surface area contributed by atoms with Crippen molar-refractivity contribution in [2.45, 2.75) is 37.6 Å². The molecule has 2 unspecified atom stereocenters. The van der Waals surface area contributed by atoms with E-state index in [0.717, 1.165) is 17.7 Å². The zero-order valence-electron chi connectivity index (χ0n) is 12.7. The van der Waals surface area contributed by atoms with Crippen molar-refractivity contribution in [3.05, 3.63) is 24.3 Å². The van der Waals surface area contributed by atoms with Crippen LogP contribution in [0.25, 0.3) is 0 Å². The van der Waals surface area contributed by atoms with Crippen LogP contribution in [0.5, 0.6) is 0 Å². The maximum absolute atomic E-state index is 12.5. The van der Waals surface area contributed by atoms with E-state index in [1.165, 1.54) is 0 Å². The van der Waals surface area contributed by atoms with E-state index in [1.54, 1.807) is 16.1 Å². The fraction of sp³-hybridized carbons (Fsp3) is 0.600. The van der Waals surface area contributed by atoms with Gasteiger partial charge in [-0.25, -0.2) is 8.42 Å². The fourth-order valence-corrected chi connectivity index (χ4v) is 5.84. The van der Waals surface area contributed by atoms with Crippen molar-refractivity contribution < 1.29 is 8.42 Å². The highest BCUT2D eigenvalue weighted by atomic mass is 32.2. The van der Waals surface area contributed by atoms with E-state index in [-0.39, 0.29) is 11.8 Å². The molecule has 0 bridgehead atoms. The summed E-state index contributed by atoms with van der Waals surface area (Å²) >= 11 is 1.54. The molecule has 0 amide bonds. The van der Waals surface area contributed by atoms with E-state index in [4.69, 9.17) is 5.73 Å². The van der Waals surface area contributed by atoms with Crippen molar-refractivity contribution in [2.75, 3.05) is 23.8 Å². The molecule has 2 N–H and O–H groups in total. The number of nitrogens with zero attached hydrogens (tertiary/aromatic N) is 1. The molecule has 1 saturated heterocycles. The molecule has 4 nitrogen and oxygen atoms in total. The SMILES string of the molecule is CC1CCCN(S(=O)(=O)CCSc2cccc(N)c2)C1C. The summed E-state index contributed by atoms with van der Waals surface area (Å²) in [6.07, 6.45) is 2.08. The normalized spacial score (nSPS) is 24.1.